The number of benzene rings is 1. The molecule has 0 aliphatic carbocycles. The summed E-state index contributed by atoms with van der Waals surface area (Å²) in [7, 11) is 0. The Bertz CT molecular complexity index is 621. The largest absolute Gasteiger partial charge is 0.467 e. The maximum atomic E-state index is 12.2. The minimum atomic E-state index is -0.861. The number of rotatable bonds is 8. The van der Waals surface area contributed by atoms with Crippen molar-refractivity contribution in [2.24, 2.45) is 5.73 Å². The summed E-state index contributed by atoms with van der Waals surface area (Å²) in [4.78, 5) is 12.2. The molecule has 0 saturated heterocycles. The molecule has 0 saturated carbocycles. The lowest BCUT2D eigenvalue weighted by atomic mass is 9.96. The molecule has 5 heteroatoms. The van der Waals surface area contributed by atoms with Crippen LogP contribution in [0.5, 0.6) is 0 Å². The summed E-state index contributed by atoms with van der Waals surface area (Å²) >= 11 is 0. The highest BCUT2D eigenvalue weighted by molar-refractivity contribution is 5.97. The van der Waals surface area contributed by atoms with E-state index in [9.17, 15) is 4.79 Å². The normalized spacial score (nSPS) is 13.5. The minimum Gasteiger partial charge on any atom is -0.467 e. The van der Waals surface area contributed by atoms with Crippen LogP contribution in [0.2, 0.25) is 0 Å². The van der Waals surface area contributed by atoms with Crippen molar-refractivity contribution in [3.63, 3.8) is 0 Å². The van der Waals surface area contributed by atoms with Crippen molar-refractivity contribution >= 4 is 11.6 Å². The molecule has 124 valence electrons. The molecule has 1 unspecified atom stereocenters. The average Bonchev–Trinajstić information content (AvgIpc) is 3.01. The molecule has 0 aliphatic rings. The van der Waals surface area contributed by atoms with E-state index in [0.717, 1.165) is 23.4 Å². The van der Waals surface area contributed by atoms with E-state index in [0.29, 0.717) is 19.6 Å². The number of carbonyl (C=O) groups excluding carboxylic acids is 1. The van der Waals surface area contributed by atoms with E-state index in [-0.39, 0.29) is 5.91 Å². The molecule has 0 radical (unpaired) electrons. The van der Waals surface area contributed by atoms with E-state index in [1.807, 2.05) is 43.3 Å². The molecule has 0 aliphatic heterocycles. The lowest BCUT2D eigenvalue weighted by Gasteiger charge is -2.23. The molecule has 0 fully saturated rings. The third-order valence-electron chi connectivity index (χ3n) is 3.57. The van der Waals surface area contributed by atoms with Crippen LogP contribution in [0, 0.1) is 0 Å². The number of hydrogen-bond donors (Lipinski definition) is 2. The van der Waals surface area contributed by atoms with Gasteiger partial charge in [-0.25, -0.2) is 0 Å². The highest BCUT2D eigenvalue weighted by atomic mass is 16.5. The van der Waals surface area contributed by atoms with Crippen molar-refractivity contribution < 1.29 is 13.9 Å². The maximum Gasteiger partial charge on any atom is 0.244 e. The molecule has 2 rings (SSSR count). The molecule has 1 aromatic carbocycles. The van der Waals surface area contributed by atoms with E-state index in [1.54, 1.807) is 13.2 Å². The van der Waals surface area contributed by atoms with Gasteiger partial charge in [-0.3, -0.25) is 4.79 Å². The Balaban J connectivity index is 1.90. The Morgan fingerprint density at radius 3 is 2.83 bits per heavy atom. The number of nitrogens with two attached hydrogens (primary N) is 1. The Labute approximate surface area is 136 Å². The van der Waals surface area contributed by atoms with Gasteiger partial charge in [0.25, 0.3) is 0 Å². The first kappa shape index (κ1) is 17.2. The van der Waals surface area contributed by atoms with E-state index >= 15 is 0 Å². The van der Waals surface area contributed by atoms with Gasteiger partial charge in [0.2, 0.25) is 5.91 Å². The Morgan fingerprint density at radius 2 is 2.13 bits per heavy atom. The Kier molecular flexibility index (Phi) is 5.96. The van der Waals surface area contributed by atoms with Gasteiger partial charge in [-0.05, 0) is 43.2 Å². The fraction of sp³-hybridized carbons (Fsp3) is 0.389. The molecule has 5 nitrogen and oxygen atoms in total. The summed E-state index contributed by atoms with van der Waals surface area (Å²) in [5.41, 5.74) is 6.88. The summed E-state index contributed by atoms with van der Waals surface area (Å²) in [6, 6.07) is 11.3. The van der Waals surface area contributed by atoms with E-state index in [2.05, 4.69) is 5.32 Å². The van der Waals surface area contributed by atoms with E-state index < -0.39 is 5.54 Å². The zero-order valence-corrected chi connectivity index (χ0v) is 13.7. The van der Waals surface area contributed by atoms with Crippen LogP contribution >= 0.6 is 0 Å². The van der Waals surface area contributed by atoms with Crippen molar-refractivity contribution in [1.82, 2.24) is 0 Å². The number of amides is 1. The van der Waals surface area contributed by atoms with Gasteiger partial charge >= 0.3 is 0 Å². The third-order valence-corrected chi connectivity index (χ3v) is 3.57. The highest BCUT2D eigenvalue weighted by Gasteiger charge is 2.27. The Morgan fingerprint density at radius 1 is 1.30 bits per heavy atom. The fourth-order valence-electron chi connectivity index (χ4n) is 2.31. The standard InChI is InChI=1S/C18H24N2O3/c1-3-9-18(2,19)17(21)20-15-7-4-6-14(11-15)12-22-13-16-8-5-10-23-16/h4-8,10-11H,3,9,12-13,19H2,1-2H3,(H,20,21). The van der Waals surface area contributed by atoms with E-state index in [4.69, 9.17) is 14.9 Å². The molecule has 0 bridgehead atoms. The number of hydrogen-bond acceptors (Lipinski definition) is 4. The van der Waals surface area contributed by atoms with E-state index in [1.165, 1.54) is 0 Å². The predicted molar refractivity (Wildman–Crippen MR) is 89.8 cm³/mol. The van der Waals surface area contributed by atoms with Crippen LogP contribution in [-0.2, 0) is 22.7 Å². The van der Waals surface area contributed by atoms with Crippen LogP contribution in [0.15, 0.2) is 47.1 Å². The first-order valence-corrected chi connectivity index (χ1v) is 7.80. The molecule has 1 amide bonds. The number of carbonyl (C=O) groups is 1. The van der Waals surface area contributed by atoms with Crippen LogP contribution in [0.25, 0.3) is 0 Å². The number of ether oxygens (including phenoxy) is 1. The molecule has 3 N–H and O–H groups in total. The average molecular weight is 316 g/mol. The molecule has 1 heterocycles. The van der Waals surface area contributed by atoms with Crippen molar-refractivity contribution in [2.75, 3.05) is 5.32 Å². The molecule has 1 aromatic heterocycles. The first-order chi connectivity index (χ1) is 11.0. The van der Waals surface area contributed by atoms with Crippen LogP contribution in [0.1, 0.15) is 38.0 Å². The zero-order valence-electron chi connectivity index (χ0n) is 13.7. The van der Waals surface area contributed by atoms with Crippen LogP contribution in [0.3, 0.4) is 0 Å². The lowest BCUT2D eigenvalue weighted by Crippen LogP contribution is -2.48. The minimum absolute atomic E-state index is 0.173. The second kappa shape index (κ2) is 7.94. The summed E-state index contributed by atoms with van der Waals surface area (Å²) < 4.78 is 10.8. The second-order valence-corrected chi connectivity index (χ2v) is 5.89. The van der Waals surface area contributed by atoms with Crippen LogP contribution in [0.4, 0.5) is 5.69 Å². The van der Waals surface area contributed by atoms with Crippen LogP contribution in [-0.4, -0.2) is 11.4 Å². The molecular formula is C18H24N2O3. The van der Waals surface area contributed by atoms with Gasteiger partial charge in [-0.15, -0.1) is 0 Å². The van der Waals surface area contributed by atoms with Gasteiger partial charge in [0.1, 0.15) is 12.4 Å². The van der Waals surface area contributed by atoms with Crippen molar-refractivity contribution in [3.05, 3.63) is 54.0 Å². The lowest BCUT2D eigenvalue weighted by molar-refractivity contribution is -0.120. The van der Waals surface area contributed by atoms with Gasteiger partial charge in [0.15, 0.2) is 0 Å². The zero-order chi connectivity index (χ0) is 16.7. The van der Waals surface area contributed by atoms with Crippen molar-refractivity contribution in [3.8, 4) is 0 Å². The monoisotopic (exact) mass is 316 g/mol. The highest BCUT2D eigenvalue weighted by Crippen LogP contribution is 2.16. The third kappa shape index (κ3) is 5.23. The predicted octanol–water partition coefficient (Wildman–Crippen LogP) is 3.45. The van der Waals surface area contributed by atoms with Gasteiger partial charge in [0.05, 0.1) is 18.4 Å². The summed E-state index contributed by atoms with van der Waals surface area (Å²) in [5.74, 6) is 0.612. The van der Waals surface area contributed by atoms with Gasteiger partial charge in [0, 0.05) is 5.69 Å². The smallest absolute Gasteiger partial charge is 0.244 e. The Hall–Kier alpha value is -2.11. The number of furan rings is 1. The molecule has 23 heavy (non-hydrogen) atoms. The first-order valence-electron chi connectivity index (χ1n) is 7.80. The van der Waals surface area contributed by atoms with Gasteiger partial charge < -0.3 is 20.2 Å². The SMILES string of the molecule is CCCC(C)(N)C(=O)Nc1cccc(COCc2ccco2)c1. The molecular weight excluding hydrogens is 292 g/mol. The fourth-order valence-corrected chi connectivity index (χ4v) is 2.31. The summed E-state index contributed by atoms with van der Waals surface area (Å²) in [6.45, 7) is 4.62. The second-order valence-electron chi connectivity index (χ2n) is 5.89. The molecule has 1 atom stereocenters. The van der Waals surface area contributed by atoms with Gasteiger partial charge in [-0.2, -0.15) is 0 Å². The maximum absolute atomic E-state index is 12.2. The van der Waals surface area contributed by atoms with Crippen molar-refractivity contribution in [1.29, 1.82) is 0 Å². The topological polar surface area (TPSA) is 77.5 Å². The molecule has 2 aromatic rings. The summed E-state index contributed by atoms with van der Waals surface area (Å²) in [5, 5.41) is 2.87. The quantitative estimate of drug-likeness (QED) is 0.782. The van der Waals surface area contributed by atoms with Crippen LogP contribution < -0.4 is 11.1 Å². The molecule has 0 spiro atoms. The van der Waals surface area contributed by atoms with Gasteiger partial charge in [-0.1, -0.05) is 25.5 Å². The summed E-state index contributed by atoms with van der Waals surface area (Å²) in [6.07, 6.45) is 3.13. The number of nitrogens with one attached hydrogen (secondary N) is 1. The number of anilines is 1. The van der Waals surface area contributed by atoms with Crippen molar-refractivity contribution in [2.45, 2.75) is 45.4 Å².